The quantitative estimate of drug-likeness (QED) is 0.245. The molecule has 0 bridgehead atoms. The molecule has 12 heteroatoms. The molecule has 1 amide bonds. The molecule has 5 N–H and O–H groups in total. The Labute approximate surface area is 234 Å². The van der Waals surface area contributed by atoms with Gasteiger partial charge in [0.2, 0.25) is 5.95 Å². The second kappa shape index (κ2) is 14.2. The zero-order valence-corrected chi connectivity index (χ0v) is 23.4. The molecule has 40 heavy (non-hydrogen) atoms. The SMILES string of the molecule is C=CCN1c2c(N)nc(N)nc2CCC1CN(C)c1ccc(C(=O)N[C@@H](CCC(=O)OCC)C(=O)OCC)cc1. The molecular weight excluding hydrogens is 514 g/mol. The van der Waals surface area contributed by atoms with Gasteiger partial charge in [-0.1, -0.05) is 6.08 Å². The summed E-state index contributed by atoms with van der Waals surface area (Å²) < 4.78 is 10.00. The molecule has 216 valence electrons. The molecule has 2 atom stereocenters. The minimum absolute atomic E-state index is 0.0129. The second-order valence-corrected chi connectivity index (χ2v) is 9.45. The van der Waals surface area contributed by atoms with Gasteiger partial charge in [-0.2, -0.15) is 4.98 Å². The number of aromatic nitrogens is 2. The lowest BCUT2D eigenvalue weighted by Crippen LogP contribution is -2.47. The molecule has 1 aromatic carbocycles. The first-order valence-electron chi connectivity index (χ1n) is 13.4. The summed E-state index contributed by atoms with van der Waals surface area (Å²) >= 11 is 0. The number of fused-ring (bicyclic) bond motifs is 1. The van der Waals surface area contributed by atoms with E-state index in [4.69, 9.17) is 20.9 Å². The topological polar surface area (TPSA) is 166 Å². The summed E-state index contributed by atoms with van der Waals surface area (Å²) in [5.41, 5.74) is 14.9. The van der Waals surface area contributed by atoms with Gasteiger partial charge in [0.15, 0.2) is 5.82 Å². The molecule has 0 radical (unpaired) electrons. The monoisotopic (exact) mass is 553 g/mol. The lowest BCUT2D eigenvalue weighted by Gasteiger charge is -2.40. The van der Waals surface area contributed by atoms with Crippen molar-refractivity contribution in [3.05, 3.63) is 48.2 Å². The third-order valence-corrected chi connectivity index (χ3v) is 6.64. The van der Waals surface area contributed by atoms with E-state index in [0.29, 0.717) is 24.5 Å². The minimum Gasteiger partial charge on any atom is -0.466 e. The Morgan fingerprint density at radius 1 is 1.18 bits per heavy atom. The number of nitrogen functional groups attached to an aromatic ring is 2. The maximum absolute atomic E-state index is 12.9. The van der Waals surface area contributed by atoms with Crippen molar-refractivity contribution in [3.8, 4) is 0 Å². The molecule has 2 aromatic rings. The molecule has 1 aliphatic heterocycles. The fourth-order valence-corrected chi connectivity index (χ4v) is 4.76. The van der Waals surface area contributed by atoms with Crippen molar-refractivity contribution >= 4 is 41.0 Å². The zero-order valence-electron chi connectivity index (χ0n) is 23.4. The van der Waals surface area contributed by atoms with Crippen LogP contribution in [0.1, 0.15) is 49.2 Å². The number of rotatable bonds is 13. The molecule has 0 aliphatic carbocycles. The first-order chi connectivity index (χ1) is 19.2. The van der Waals surface area contributed by atoms with E-state index in [1.807, 2.05) is 25.3 Å². The molecule has 1 aromatic heterocycles. The largest absolute Gasteiger partial charge is 0.466 e. The van der Waals surface area contributed by atoms with E-state index in [1.54, 1.807) is 26.0 Å². The first kappa shape index (κ1) is 30.2. The highest BCUT2D eigenvalue weighted by atomic mass is 16.5. The van der Waals surface area contributed by atoms with Crippen LogP contribution in [0.25, 0.3) is 0 Å². The molecule has 0 fully saturated rings. The Hall–Kier alpha value is -4.35. The predicted molar refractivity (Wildman–Crippen MR) is 154 cm³/mol. The Kier molecular flexibility index (Phi) is 10.7. The van der Waals surface area contributed by atoms with Crippen LogP contribution >= 0.6 is 0 Å². The van der Waals surface area contributed by atoms with E-state index in [9.17, 15) is 14.4 Å². The molecule has 1 unspecified atom stereocenters. The van der Waals surface area contributed by atoms with Crippen LogP contribution in [0.5, 0.6) is 0 Å². The van der Waals surface area contributed by atoms with Crippen LogP contribution in [0.2, 0.25) is 0 Å². The Balaban J connectivity index is 1.67. The number of esters is 2. The highest BCUT2D eigenvalue weighted by Gasteiger charge is 2.30. The number of ether oxygens (including phenoxy) is 2. The number of nitrogens with zero attached hydrogens (tertiary/aromatic N) is 4. The molecule has 2 heterocycles. The predicted octanol–water partition coefficient (Wildman–Crippen LogP) is 2.09. The summed E-state index contributed by atoms with van der Waals surface area (Å²) in [6.45, 7) is 8.95. The minimum atomic E-state index is -0.962. The van der Waals surface area contributed by atoms with Crippen molar-refractivity contribution in [1.29, 1.82) is 0 Å². The van der Waals surface area contributed by atoms with Gasteiger partial charge in [-0.25, -0.2) is 9.78 Å². The lowest BCUT2D eigenvalue weighted by molar-refractivity contribution is -0.146. The Bertz CT molecular complexity index is 1200. The van der Waals surface area contributed by atoms with E-state index in [0.717, 1.165) is 29.9 Å². The van der Waals surface area contributed by atoms with E-state index < -0.39 is 23.9 Å². The zero-order chi connectivity index (χ0) is 29.2. The second-order valence-electron chi connectivity index (χ2n) is 9.45. The van der Waals surface area contributed by atoms with E-state index in [-0.39, 0.29) is 38.0 Å². The number of hydrogen-bond acceptors (Lipinski definition) is 11. The average Bonchev–Trinajstić information content (AvgIpc) is 2.92. The van der Waals surface area contributed by atoms with E-state index in [2.05, 4.69) is 31.7 Å². The number of carbonyl (C=O) groups is 3. The van der Waals surface area contributed by atoms with Gasteiger partial charge in [0.05, 0.1) is 18.9 Å². The number of nitrogens with two attached hydrogens (primary N) is 2. The summed E-state index contributed by atoms with van der Waals surface area (Å²) in [6.07, 6.45) is 3.47. The molecule has 12 nitrogen and oxygen atoms in total. The number of aryl methyl sites for hydroxylation is 1. The van der Waals surface area contributed by atoms with Gasteiger partial charge in [0.25, 0.3) is 5.91 Å². The van der Waals surface area contributed by atoms with Crippen molar-refractivity contribution in [3.63, 3.8) is 0 Å². The van der Waals surface area contributed by atoms with Crippen LogP contribution in [0.4, 0.5) is 23.1 Å². The normalized spacial score (nSPS) is 15.0. The molecule has 3 rings (SSSR count). The highest BCUT2D eigenvalue weighted by molar-refractivity contribution is 5.97. The van der Waals surface area contributed by atoms with Gasteiger partial charge in [-0.3, -0.25) is 9.59 Å². The Morgan fingerprint density at radius 3 is 2.52 bits per heavy atom. The maximum atomic E-state index is 12.9. The van der Waals surface area contributed by atoms with Crippen molar-refractivity contribution in [2.75, 3.05) is 54.6 Å². The average molecular weight is 554 g/mol. The number of nitrogens with one attached hydrogen (secondary N) is 1. The molecule has 0 spiro atoms. The number of amides is 1. The van der Waals surface area contributed by atoms with Gasteiger partial charge < -0.3 is 36.1 Å². The van der Waals surface area contributed by atoms with Gasteiger partial charge in [-0.15, -0.1) is 6.58 Å². The van der Waals surface area contributed by atoms with Gasteiger partial charge in [0.1, 0.15) is 11.7 Å². The number of hydrogen-bond donors (Lipinski definition) is 3. The van der Waals surface area contributed by atoms with Crippen LogP contribution < -0.4 is 26.6 Å². The fraction of sp³-hybridized carbons (Fsp3) is 0.464. The van der Waals surface area contributed by atoms with Gasteiger partial charge in [0, 0.05) is 43.9 Å². The Morgan fingerprint density at radius 2 is 1.88 bits per heavy atom. The molecule has 0 saturated carbocycles. The van der Waals surface area contributed by atoms with Crippen molar-refractivity contribution < 1.29 is 23.9 Å². The number of benzene rings is 1. The van der Waals surface area contributed by atoms with Crippen LogP contribution in [-0.4, -0.2) is 73.2 Å². The van der Waals surface area contributed by atoms with Crippen molar-refractivity contribution in [2.24, 2.45) is 0 Å². The standard InChI is InChI=1S/C28H39N7O5/c1-5-16-35-20(12-13-21-24(35)25(29)33-28(30)32-21)17-34(4)19-10-8-18(9-11-19)26(37)31-22(27(38)40-7-3)14-15-23(36)39-6-2/h5,8-11,20,22H,1,6-7,12-17H2,2-4H3,(H,31,37)(H4,29,30,32,33)/t20?,22-/m0/s1. The van der Waals surface area contributed by atoms with Gasteiger partial charge in [-0.05, 0) is 57.4 Å². The number of carbonyl (C=O) groups excluding carboxylic acids is 3. The van der Waals surface area contributed by atoms with Crippen molar-refractivity contribution in [1.82, 2.24) is 15.3 Å². The first-order valence-corrected chi connectivity index (χ1v) is 13.4. The van der Waals surface area contributed by atoms with Gasteiger partial charge >= 0.3 is 11.9 Å². The van der Waals surface area contributed by atoms with Crippen LogP contribution in [0.15, 0.2) is 36.9 Å². The lowest BCUT2D eigenvalue weighted by atomic mass is 9.99. The third-order valence-electron chi connectivity index (χ3n) is 6.64. The molecule has 1 aliphatic rings. The maximum Gasteiger partial charge on any atom is 0.328 e. The van der Waals surface area contributed by atoms with Crippen molar-refractivity contribution in [2.45, 2.75) is 51.6 Å². The molecule has 0 saturated heterocycles. The summed E-state index contributed by atoms with van der Waals surface area (Å²) in [5, 5.41) is 2.68. The van der Waals surface area contributed by atoms with E-state index >= 15 is 0 Å². The number of anilines is 4. The summed E-state index contributed by atoms with van der Waals surface area (Å²) in [4.78, 5) is 49.8. The van der Waals surface area contributed by atoms with Crippen LogP contribution in [0.3, 0.4) is 0 Å². The smallest absolute Gasteiger partial charge is 0.328 e. The third kappa shape index (κ3) is 7.61. The van der Waals surface area contributed by atoms with Crippen LogP contribution in [0, 0.1) is 0 Å². The highest BCUT2D eigenvalue weighted by Crippen LogP contribution is 2.34. The number of likely N-dealkylation sites (N-methyl/N-ethyl adjacent to an activating group) is 1. The van der Waals surface area contributed by atoms with Crippen LogP contribution in [-0.2, 0) is 25.5 Å². The summed E-state index contributed by atoms with van der Waals surface area (Å²) in [7, 11) is 1.98. The summed E-state index contributed by atoms with van der Waals surface area (Å²) in [5.74, 6) is -0.946. The fourth-order valence-electron chi connectivity index (χ4n) is 4.76. The summed E-state index contributed by atoms with van der Waals surface area (Å²) in [6, 6.07) is 6.25. The van der Waals surface area contributed by atoms with E-state index in [1.165, 1.54) is 0 Å². The molecular formula is C28H39N7O5.